The van der Waals surface area contributed by atoms with Crippen LogP contribution in [-0.4, -0.2) is 50.5 Å². The SMILES string of the molecule is Cc1nn(C2CCS(=O)(=O)C2)c2ncc(CNC(C)Cn3cccn3)cc12. The van der Waals surface area contributed by atoms with Gasteiger partial charge in [-0.15, -0.1) is 0 Å². The maximum atomic E-state index is 11.8. The Kier molecular flexibility index (Phi) is 4.73. The predicted molar refractivity (Wildman–Crippen MR) is 103 cm³/mol. The molecule has 1 saturated heterocycles. The van der Waals surface area contributed by atoms with E-state index in [-0.39, 0.29) is 23.6 Å². The normalized spacial score (nSPS) is 20.3. The predicted octanol–water partition coefficient (Wildman–Crippen LogP) is 1.47. The Bertz CT molecular complexity index is 1040. The molecule has 1 N–H and O–H groups in total. The van der Waals surface area contributed by atoms with Crippen molar-refractivity contribution in [3.05, 3.63) is 42.0 Å². The van der Waals surface area contributed by atoms with Crippen LogP contribution in [0.1, 0.15) is 30.6 Å². The highest BCUT2D eigenvalue weighted by Gasteiger charge is 2.31. The molecule has 0 spiro atoms. The number of nitrogens with zero attached hydrogens (tertiary/aromatic N) is 5. The summed E-state index contributed by atoms with van der Waals surface area (Å²) in [6.45, 7) is 5.57. The molecule has 1 fully saturated rings. The molecule has 4 rings (SSSR count). The van der Waals surface area contributed by atoms with Gasteiger partial charge < -0.3 is 5.32 Å². The van der Waals surface area contributed by atoms with Crippen LogP contribution in [0.25, 0.3) is 11.0 Å². The lowest BCUT2D eigenvalue weighted by Crippen LogP contribution is -2.30. The molecular formula is C18H24N6O2S. The Morgan fingerprint density at radius 3 is 2.96 bits per heavy atom. The second kappa shape index (κ2) is 7.05. The van der Waals surface area contributed by atoms with Crippen LogP contribution in [0.4, 0.5) is 0 Å². The van der Waals surface area contributed by atoms with E-state index in [2.05, 4.69) is 33.5 Å². The van der Waals surface area contributed by atoms with Crippen molar-refractivity contribution < 1.29 is 8.42 Å². The lowest BCUT2D eigenvalue weighted by Gasteiger charge is -2.14. The van der Waals surface area contributed by atoms with Gasteiger partial charge in [0.1, 0.15) is 0 Å². The molecule has 2 atom stereocenters. The molecule has 144 valence electrons. The van der Waals surface area contributed by atoms with E-state index in [1.54, 1.807) is 10.9 Å². The number of hydrogen-bond acceptors (Lipinski definition) is 6. The van der Waals surface area contributed by atoms with Gasteiger partial charge in [0.05, 0.1) is 29.8 Å². The lowest BCUT2D eigenvalue weighted by atomic mass is 10.2. The standard InChI is InChI=1S/C18H24N6O2S/c1-13(11-23-6-3-5-21-23)19-9-15-8-17-14(2)22-24(18(17)20-10-15)16-4-7-27(25,26)12-16/h3,5-6,8,10,13,16,19H,4,7,9,11-12H2,1-2H3. The molecule has 0 aliphatic carbocycles. The Labute approximate surface area is 158 Å². The molecule has 8 nitrogen and oxygen atoms in total. The second-order valence-corrected chi connectivity index (χ2v) is 9.54. The summed E-state index contributed by atoms with van der Waals surface area (Å²) in [5.74, 6) is 0.382. The maximum absolute atomic E-state index is 11.8. The third-order valence-corrected chi connectivity index (χ3v) is 6.77. The van der Waals surface area contributed by atoms with Gasteiger partial charge in [0.2, 0.25) is 0 Å². The molecule has 9 heteroatoms. The fourth-order valence-electron chi connectivity index (χ4n) is 3.58. The van der Waals surface area contributed by atoms with Crippen LogP contribution in [0.2, 0.25) is 0 Å². The Morgan fingerprint density at radius 2 is 2.26 bits per heavy atom. The average Bonchev–Trinajstić information content (AvgIpc) is 3.33. The van der Waals surface area contributed by atoms with Crippen molar-refractivity contribution in [2.45, 2.75) is 45.4 Å². The van der Waals surface area contributed by atoms with Crippen molar-refractivity contribution in [1.82, 2.24) is 29.9 Å². The third-order valence-electron chi connectivity index (χ3n) is 5.02. The minimum absolute atomic E-state index is 0.114. The monoisotopic (exact) mass is 388 g/mol. The molecule has 0 amide bonds. The summed E-state index contributed by atoms with van der Waals surface area (Å²) in [7, 11) is -2.96. The van der Waals surface area contributed by atoms with Crippen molar-refractivity contribution in [1.29, 1.82) is 0 Å². The quantitative estimate of drug-likeness (QED) is 0.687. The number of aromatic nitrogens is 5. The molecule has 0 saturated carbocycles. The first-order chi connectivity index (χ1) is 12.9. The van der Waals surface area contributed by atoms with Gasteiger partial charge in [-0.1, -0.05) is 0 Å². The number of aryl methyl sites for hydroxylation is 1. The molecule has 2 unspecified atom stereocenters. The highest BCUT2D eigenvalue weighted by atomic mass is 32.2. The molecule has 1 aliphatic heterocycles. The Balaban J connectivity index is 1.49. The first kappa shape index (κ1) is 18.1. The first-order valence-corrected chi connectivity index (χ1v) is 11.0. The fraction of sp³-hybridized carbons (Fsp3) is 0.500. The first-order valence-electron chi connectivity index (χ1n) is 9.16. The maximum Gasteiger partial charge on any atom is 0.158 e. The van der Waals surface area contributed by atoms with Crippen molar-refractivity contribution in [2.24, 2.45) is 0 Å². The highest BCUT2D eigenvalue weighted by molar-refractivity contribution is 7.91. The minimum Gasteiger partial charge on any atom is -0.308 e. The summed E-state index contributed by atoms with van der Waals surface area (Å²) in [6, 6.07) is 4.17. The zero-order valence-electron chi connectivity index (χ0n) is 15.5. The van der Waals surface area contributed by atoms with Gasteiger partial charge in [0, 0.05) is 36.6 Å². The Hall–Kier alpha value is -2.26. The van der Waals surface area contributed by atoms with Gasteiger partial charge in [-0.25, -0.2) is 18.1 Å². The molecule has 0 radical (unpaired) electrons. The molecule has 1 aliphatic rings. The summed E-state index contributed by atoms with van der Waals surface area (Å²) < 4.78 is 27.3. The molecule has 0 bridgehead atoms. The third kappa shape index (κ3) is 3.89. The van der Waals surface area contributed by atoms with E-state index in [1.165, 1.54) is 0 Å². The van der Waals surface area contributed by atoms with Crippen molar-refractivity contribution >= 4 is 20.9 Å². The number of nitrogens with one attached hydrogen (secondary N) is 1. The van der Waals surface area contributed by atoms with E-state index >= 15 is 0 Å². The van der Waals surface area contributed by atoms with Gasteiger partial charge in [0.25, 0.3) is 0 Å². The highest BCUT2D eigenvalue weighted by Crippen LogP contribution is 2.28. The van der Waals surface area contributed by atoms with Crippen LogP contribution >= 0.6 is 0 Å². The van der Waals surface area contributed by atoms with Gasteiger partial charge in [-0.2, -0.15) is 10.2 Å². The van der Waals surface area contributed by atoms with Gasteiger partial charge >= 0.3 is 0 Å². The molecule has 3 aromatic rings. The number of rotatable bonds is 6. The molecule has 27 heavy (non-hydrogen) atoms. The summed E-state index contributed by atoms with van der Waals surface area (Å²) in [5.41, 5.74) is 2.73. The second-order valence-electron chi connectivity index (χ2n) is 7.31. The lowest BCUT2D eigenvalue weighted by molar-refractivity contribution is 0.450. The number of fused-ring (bicyclic) bond motifs is 1. The van der Waals surface area contributed by atoms with Crippen LogP contribution in [0, 0.1) is 6.92 Å². The molecule has 4 heterocycles. The van der Waals surface area contributed by atoms with Crippen LogP contribution in [-0.2, 0) is 22.9 Å². The van der Waals surface area contributed by atoms with Crippen molar-refractivity contribution in [3.8, 4) is 0 Å². The van der Waals surface area contributed by atoms with Crippen molar-refractivity contribution in [2.75, 3.05) is 11.5 Å². The molecular weight excluding hydrogens is 364 g/mol. The van der Waals surface area contributed by atoms with E-state index in [1.807, 2.05) is 30.1 Å². The van der Waals surface area contributed by atoms with E-state index in [0.29, 0.717) is 13.0 Å². The van der Waals surface area contributed by atoms with E-state index < -0.39 is 9.84 Å². The summed E-state index contributed by atoms with van der Waals surface area (Å²) in [5, 5.41) is 13.3. The smallest absolute Gasteiger partial charge is 0.158 e. The largest absolute Gasteiger partial charge is 0.308 e. The van der Waals surface area contributed by atoms with Gasteiger partial charge in [-0.05, 0) is 38.0 Å². The van der Waals surface area contributed by atoms with Gasteiger partial charge in [-0.3, -0.25) is 4.68 Å². The number of pyridine rings is 1. The molecule has 3 aromatic heterocycles. The molecule has 0 aromatic carbocycles. The summed E-state index contributed by atoms with van der Waals surface area (Å²) in [6.07, 6.45) is 6.18. The Morgan fingerprint density at radius 1 is 1.41 bits per heavy atom. The number of hydrogen-bond donors (Lipinski definition) is 1. The zero-order chi connectivity index (χ0) is 19.0. The van der Waals surface area contributed by atoms with Crippen molar-refractivity contribution in [3.63, 3.8) is 0 Å². The number of sulfone groups is 1. The van der Waals surface area contributed by atoms with E-state index in [9.17, 15) is 8.42 Å². The zero-order valence-corrected chi connectivity index (χ0v) is 16.4. The minimum atomic E-state index is -2.96. The summed E-state index contributed by atoms with van der Waals surface area (Å²) >= 11 is 0. The average molecular weight is 388 g/mol. The fourth-order valence-corrected chi connectivity index (χ4v) is 5.27. The van der Waals surface area contributed by atoms with Crippen LogP contribution in [0.3, 0.4) is 0 Å². The summed E-state index contributed by atoms with van der Waals surface area (Å²) in [4.78, 5) is 4.60. The van der Waals surface area contributed by atoms with E-state index in [0.717, 1.165) is 28.8 Å². The topological polar surface area (TPSA) is 94.7 Å². The van der Waals surface area contributed by atoms with Gasteiger partial charge in [0.15, 0.2) is 15.5 Å². The van der Waals surface area contributed by atoms with Crippen LogP contribution < -0.4 is 5.32 Å². The van der Waals surface area contributed by atoms with E-state index in [4.69, 9.17) is 0 Å². The van der Waals surface area contributed by atoms with Crippen LogP contribution in [0.15, 0.2) is 30.7 Å². The van der Waals surface area contributed by atoms with Crippen LogP contribution in [0.5, 0.6) is 0 Å².